The summed E-state index contributed by atoms with van der Waals surface area (Å²) in [4.78, 5) is 0. The molecule has 1 fully saturated rings. The van der Waals surface area contributed by atoms with Crippen molar-refractivity contribution in [1.82, 2.24) is 19.5 Å². The van der Waals surface area contributed by atoms with Crippen molar-refractivity contribution in [2.75, 3.05) is 70.8 Å². The Labute approximate surface area is 692 Å². The van der Waals surface area contributed by atoms with Crippen molar-refractivity contribution < 1.29 is 67.8 Å². The van der Waals surface area contributed by atoms with Crippen LogP contribution in [0.2, 0.25) is 6.04 Å². The van der Waals surface area contributed by atoms with Gasteiger partial charge in [-0.05, 0) is 103 Å². The van der Waals surface area contributed by atoms with Crippen molar-refractivity contribution in [2.45, 2.75) is 12.5 Å². The fraction of sp³-hybridized carbons (Fsp3) is 0.121. The highest BCUT2D eigenvalue weighted by Crippen LogP contribution is 2.63. The van der Waals surface area contributed by atoms with Crippen molar-refractivity contribution in [3.8, 4) is 101 Å². The summed E-state index contributed by atoms with van der Waals surface area (Å²) in [7, 11) is -17.7. The first-order valence-electron chi connectivity index (χ1n) is 38.8. The number of rotatable bonds is 17. The highest BCUT2D eigenvalue weighted by atomic mass is 31.2. The molecule has 13 aromatic rings. The molecule has 119 heavy (non-hydrogen) atoms. The molecule has 13 aromatic carbocycles. The molecule has 0 bridgehead atoms. The van der Waals surface area contributed by atoms with E-state index >= 15 is 0 Å². The van der Waals surface area contributed by atoms with Crippen LogP contribution in [0.5, 0.6) is 34.5 Å². The van der Waals surface area contributed by atoms with Crippen LogP contribution in [0.1, 0.15) is 6.42 Å². The average Bonchev–Trinajstić information content (AvgIpc) is 0.736. The largest absolute Gasteiger partial charge is 0.500 e. The third-order valence-corrected chi connectivity index (χ3v) is 37.8. The minimum atomic E-state index is -3.45. The summed E-state index contributed by atoms with van der Waals surface area (Å²) in [6, 6.07) is 99.7. The molecule has 7 heterocycles. The molecule has 4 N–H and O–H groups in total. The SMILES string of the molecule is C=CCNP1(=O)Oc2ccccc2-c2ccccc21.CO[Si](CCCNP1(=O)Oc2ccccc2-c2ccccc21)(OC)OC.O=P1(N2CCN(P3(=O)Oc4ccccc4-c4ccccc43)CC2)Oc2ccccc2-c2ccccc21.O=P1(Nc2ccc(NP3(=O)Oc4ccccc4-c4ccccc43)cc2)Oc2ccccc2-c2ccccc21. The van der Waals surface area contributed by atoms with Gasteiger partial charge in [0, 0.05) is 145 Å². The Morgan fingerprint density at radius 1 is 0.311 bits per heavy atom. The van der Waals surface area contributed by atoms with E-state index in [0.717, 1.165) is 82.7 Å². The zero-order valence-electron chi connectivity index (χ0n) is 65.2. The van der Waals surface area contributed by atoms with E-state index in [1.165, 1.54) is 0 Å². The summed E-state index contributed by atoms with van der Waals surface area (Å²) < 4.78 is 140. The summed E-state index contributed by atoms with van der Waals surface area (Å²) in [5.41, 5.74) is 12.5. The van der Waals surface area contributed by atoms with Crippen molar-refractivity contribution in [3.05, 3.63) is 328 Å². The predicted octanol–water partition coefficient (Wildman–Crippen LogP) is 20.2. The average molecular weight is 1720 g/mol. The van der Waals surface area contributed by atoms with Crippen LogP contribution < -0.4 is 79.3 Å². The highest BCUT2D eigenvalue weighted by Gasteiger charge is 2.49. The van der Waals surface area contributed by atoms with Crippen LogP contribution in [0.15, 0.2) is 328 Å². The lowest BCUT2D eigenvalue weighted by molar-refractivity contribution is 0.123. The van der Waals surface area contributed by atoms with E-state index in [9.17, 15) is 27.4 Å². The van der Waals surface area contributed by atoms with E-state index in [-0.39, 0.29) is 0 Å². The Kier molecular flexibility index (Phi) is 23.0. The van der Waals surface area contributed by atoms with Gasteiger partial charge in [0.25, 0.3) is 0 Å². The van der Waals surface area contributed by atoms with E-state index in [1.807, 2.05) is 301 Å². The minimum Gasteiger partial charge on any atom is -0.429 e. The van der Waals surface area contributed by atoms with Crippen molar-refractivity contribution in [2.24, 2.45) is 0 Å². The molecule has 0 saturated carbocycles. The maximum Gasteiger partial charge on any atom is 0.500 e. The van der Waals surface area contributed by atoms with E-state index in [2.05, 4.69) is 26.9 Å². The maximum atomic E-state index is 14.5. The predicted molar refractivity (Wildman–Crippen MR) is 478 cm³/mol. The zero-order chi connectivity index (χ0) is 82.0. The van der Waals surface area contributed by atoms with Gasteiger partial charge in [-0.2, -0.15) is 0 Å². The molecule has 20 rings (SSSR count). The van der Waals surface area contributed by atoms with Gasteiger partial charge in [-0.25, -0.2) is 28.6 Å². The van der Waals surface area contributed by atoms with E-state index < -0.39 is 53.9 Å². The monoisotopic (exact) mass is 1710 g/mol. The van der Waals surface area contributed by atoms with Gasteiger partial charge in [-0.3, -0.25) is 18.3 Å². The van der Waals surface area contributed by atoms with Gasteiger partial charge in [-0.1, -0.05) is 224 Å². The van der Waals surface area contributed by atoms with Crippen LogP contribution in [0.25, 0.3) is 66.8 Å². The second-order valence-corrected chi connectivity index (χ2v) is 44.3. The molecule has 7 aliphatic rings. The number of piperazine rings is 1. The van der Waals surface area contributed by atoms with E-state index in [0.29, 0.717) is 114 Å². The molecule has 0 amide bonds. The number of hydrogen-bond acceptors (Lipinski definition) is 15. The Morgan fingerprint density at radius 3 is 0.840 bits per heavy atom. The summed E-state index contributed by atoms with van der Waals surface area (Å²) in [6.07, 6.45) is 2.37. The quantitative estimate of drug-likeness (QED) is 0.0287. The van der Waals surface area contributed by atoms with Gasteiger partial charge >= 0.3 is 53.9 Å². The van der Waals surface area contributed by atoms with Crippen molar-refractivity contribution in [3.63, 3.8) is 0 Å². The lowest BCUT2D eigenvalue weighted by atomic mass is 10.0. The molecule has 21 nitrogen and oxygen atoms in total. The topological polar surface area (TPSA) is 240 Å². The van der Waals surface area contributed by atoms with E-state index in [4.69, 9.17) is 40.4 Å². The van der Waals surface area contributed by atoms with Gasteiger partial charge < -0.3 is 50.6 Å². The molecule has 0 aromatic heterocycles. The molecule has 602 valence electrons. The number of para-hydroxylation sites is 6. The van der Waals surface area contributed by atoms with Crippen molar-refractivity contribution in [1.29, 1.82) is 0 Å². The smallest absolute Gasteiger partial charge is 0.429 e. The van der Waals surface area contributed by atoms with Gasteiger partial charge in [0.15, 0.2) is 0 Å². The number of hydrogen-bond donors (Lipinski definition) is 4. The van der Waals surface area contributed by atoms with Crippen molar-refractivity contribution >= 4 is 97.1 Å². The van der Waals surface area contributed by atoms with E-state index in [1.54, 1.807) is 51.7 Å². The molecule has 0 aliphatic carbocycles. The van der Waals surface area contributed by atoms with Gasteiger partial charge in [0.2, 0.25) is 0 Å². The van der Waals surface area contributed by atoms with Crippen LogP contribution in [-0.2, 0) is 40.7 Å². The molecule has 1 saturated heterocycles. The van der Waals surface area contributed by atoms with Gasteiger partial charge in [0.1, 0.15) is 34.5 Å². The summed E-state index contributed by atoms with van der Waals surface area (Å²) >= 11 is 0. The summed E-state index contributed by atoms with van der Waals surface area (Å²) in [5, 5.41) is 16.4. The fourth-order valence-electron chi connectivity index (χ4n) is 15.7. The number of anilines is 2. The molecular formula is C91H84N6O15P6Si. The Morgan fingerprint density at radius 2 is 0.546 bits per heavy atom. The van der Waals surface area contributed by atoms with Crippen LogP contribution in [-0.4, -0.2) is 78.7 Å². The van der Waals surface area contributed by atoms with Gasteiger partial charge in [-0.15, -0.1) is 6.58 Å². The first-order chi connectivity index (χ1) is 57.9. The Balaban J connectivity index is 0.000000117. The fourth-order valence-corrected chi connectivity index (χ4v) is 30.2. The van der Waals surface area contributed by atoms with Crippen LogP contribution in [0.4, 0.5) is 11.4 Å². The number of nitrogens with zero attached hydrogens (tertiary/aromatic N) is 2. The number of benzene rings is 13. The molecular weight excluding hydrogens is 1630 g/mol. The maximum absolute atomic E-state index is 14.5. The molecule has 6 unspecified atom stereocenters. The van der Waals surface area contributed by atoms with Crippen LogP contribution in [0.3, 0.4) is 0 Å². The standard InChI is InChI=1S/C30H22N2O4P2.C28H24N2O4P2.C18H24NO5PSi.C15H14NO2P/c33-37(29-15-7-3-11-25(29)23-9-1-5-13-27(23)35-37)31-21-17-19-22(20-18-21)32-38(34)30-16-8-4-12-26(30)24-10-2-6-14-28(24)36-38;31-35(27-15-7-3-11-23(27)21-9-1-5-13-25(21)33-35)29-17-19-30(20-18-29)36(32)28-16-8-4-12-24(28)22-10-2-6-14-26(22)34-36;1-21-26(22-2,23-3)14-8-13-19-25(20)18-12-7-5-10-16(18)15-9-4-6-11-17(15)24-25;1-2-11-16-19(17)15-10-6-4-8-13(15)12-7-3-5-9-14(12)18-19/h1-20H,(H,31,33)(H,32,34);1-16H,17-20H2;4-7,9-12H,8,13-14H2,1-3H3,(H,19,20);2-10H,1,11H2,(H,16,17). The second-order valence-electron chi connectivity index (χ2n) is 28.5. The summed E-state index contributed by atoms with van der Waals surface area (Å²) in [5.74, 6) is 3.71. The first-order valence-corrected chi connectivity index (χ1v) is 50.4. The minimum absolute atomic E-state index is 0.438. The van der Waals surface area contributed by atoms with Crippen LogP contribution >= 0.6 is 45.1 Å². The molecule has 6 atom stereocenters. The Hall–Kier alpha value is -10.7. The highest BCUT2D eigenvalue weighted by molar-refractivity contribution is 7.70. The second kappa shape index (κ2) is 33.8. The lowest BCUT2D eigenvalue weighted by Gasteiger charge is -2.43. The Bertz CT molecular complexity index is 6090. The summed E-state index contributed by atoms with van der Waals surface area (Å²) in [6.45, 7) is 6.37. The first kappa shape index (κ1) is 80.7. The molecule has 28 heteroatoms. The third-order valence-electron chi connectivity index (χ3n) is 21.5. The van der Waals surface area contributed by atoms with Crippen LogP contribution in [0, 0.1) is 0 Å². The lowest BCUT2D eigenvalue weighted by Crippen LogP contribution is -2.48. The number of fused-ring (bicyclic) bond motifs is 18. The molecule has 0 radical (unpaired) electrons. The zero-order valence-corrected chi connectivity index (χ0v) is 71.5. The third kappa shape index (κ3) is 15.6. The molecule has 7 aliphatic heterocycles. The normalized spacial score (nSPS) is 21.3. The number of nitrogens with one attached hydrogen (secondary N) is 4. The molecule has 0 spiro atoms. The van der Waals surface area contributed by atoms with Gasteiger partial charge in [0.05, 0.1) is 31.8 Å².